The summed E-state index contributed by atoms with van der Waals surface area (Å²) in [5.41, 5.74) is 1.77. The minimum absolute atomic E-state index is 0.00254. The zero-order valence-corrected chi connectivity index (χ0v) is 10.5. The highest BCUT2D eigenvalue weighted by molar-refractivity contribution is 5.95. The second-order valence-corrected chi connectivity index (χ2v) is 4.98. The summed E-state index contributed by atoms with van der Waals surface area (Å²) in [7, 11) is 0. The molecule has 1 aromatic rings. The van der Waals surface area contributed by atoms with E-state index in [4.69, 9.17) is 0 Å². The molecule has 0 radical (unpaired) electrons. The van der Waals surface area contributed by atoms with Crippen LogP contribution < -0.4 is 10.6 Å². The van der Waals surface area contributed by atoms with Crippen LogP contribution in [0.2, 0.25) is 0 Å². The van der Waals surface area contributed by atoms with Crippen LogP contribution in [0.25, 0.3) is 0 Å². The van der Waals surface area contributed by atoms with E-state index in [9.17, 15) is 4.79 Å². The molecule has 3 nitrogen and oxygen atoms in total. The Bertz CT molecular complexity index is 397. The Hall–Kier alpha value is -1.51. The topological polar surface area (TPSA) is 41.1 Å². The standard InChI is InChI=1S/C14H20N2O/c1-10(2)15-14(17)11-5-3-8-13(9-11)16-12-6-4-7-12/h3,5,8-10,12,16H,4,6-7H2,1-2H3,(H,15,17). The van der Waals surface area contributed by atoms with Gasteiger partial charge in [-0.15, -0.1) is 0 Å². The number of benzene rings is 1. The van der Waals surface area contributed by atoms with Crippen molar-refractivity contribution in [3.8, 4) is 0 Å². The molecule has 17 heavy (non-hydrogen) atoms. The Morgan fingerprint density at radius 1 is 1.35 bits per heavy atom. The molecule has 1 aromatic carbocycles. The van der Waals surface area contributed by atoms with E-state index < -0.39 is 0 Å². The van der Waals surface area contributed by atoms with Gasteiger partial charge >= 0.3 is 0 Å². The van der Waals surface area contributed by atoms with Gasteiger partial charge in [0, 0.05) is 23.3 Å². The molecule has 3 heteroatoms. The summed E-state index contributed by atoms with van der Waals surface area (Å²) >= 11 is 0. The molecule has 2 rings (SSSR count). The van der Waals surface area contributed by atoms with E-state index in [0.29, 0.717) is 6.04 Å². The van der Waals surface area contributed by atoms with Gasteiger partial charge in [0.25, 0.3) is 5.91 Å². The normalized spacial score (nSPS) is 15.5. The van der Waals surface area contributed by atoms with Crippen molar-refractivity contribution < 1.29 is 4.79 Å². The fraction of sp³-hybridized carbons (Fsp3) is 0.500. The van der Waals surface area contributed by atoms with E-state index in [1.807, 2.05) is 38.1 Å². The lowest BCUT2D eigenvalue weighted by atomic mass is 9.93. The van der Waals surface area contributed by atoms with E-state index in [1.165, 1.54) is 19.3 Å². The van der Waals surface area contributed by atoms with E-state index in [0.717, 1.165) is 11.3 Å². The van der Waals surface area contributed by atoms with Gasteiger partial charge in [-0.05, 0) is 51.3 Å². The van der Waals surface area contributed by atoms with Crippen molar-refractivity contribution in [3.05, 3.63) is 29.8 Å². The second-order valence-electron chi connectivity index (χ2n) is 4.98. The molecule has 0 heterocycles. The van der Waals surface area contributed by atoms with Crippen LogP contribution >= 0.6 is 0 Å². The Labute approximate surface area is 103 Å². The van der Waals surface area contributed by atoms with Gasteiger partial charge in [0.1, 0.15) is 0 Å². The average molecular weight is 232 g/mol. The summed E-state index contributed by atoms with van der Waals surface area (Å²) in [5.74, 6) is -0.00254. The quantitative estimate of drug-likeness (QED) is 0.838. The van der Waals surface area contributed by atoms with Crippen molar-refractivity contribution in [2.75, 3.05) is 5.32 Å². The maximum atomic E-state index is 11.8. The fourth-order valence-electron chi connectivity index (χ4n) is 1.88. The van der Waals surface area contributed by atoms with E-state index >= 15 is 0 Å². The molecular formula is C14H20N2O. The number of carbonyl (C=O) groups excluding carboxylic acids is 1. The van der Waals surface area contributed by atoms with E-state index in [2.05, 4.69) is 10.6 Å². The van der Waals surface area contributed by atoms with E-state index in [1.54, 1.807) is 0 Å². The number of nitrogens with one attached hydrogen (secondary N) is 2. The number of carbonyl (C=O) groups is 1. The first-order valence-corrected chi connectivity index (χ1v) is 6.32. The predicted molar refractivity (Wildman–Crippen MR) is 70.3 cm³/mol. The van der Waals surface area contributed by atoms with Gasteiger partial charge in [0.2, 0.25) is 0 Å². The fourth-order valence-corrected chi connectivity index (χ4v) is 1.88. The highest BCUT2D eigenvalue weighted by Gasteiger charge is 2.17. The zero-order chi connectivity index (χ0) is 12.3. The smallest absolute Gasteiger partial charge is 0.251 e. The molecule has 2 N–H and O–H groups in total. The van der Waals surface area contributed by atoms with Crippen LogP contribution in [0.5, 0.6) is 0 Å². The summed E-state index contributed by atoms with van der Waals surface area (Å²) in [5, 5.41) is 6.35. The summed E-state index contributed by atoms with van der Waals surface area (Å²) in [6.07, 6.45) is 3.79. The SMILES string of the molecule is CC(C)NC(=O)c1cccc(NC2CCC2)c1. The maximum Gasteiger partial charge on any atom is 0.251 e. The molecule has 0 atom stereocenters. The van der Waals surface area contributed by atoms with Crippen LogP contribution in [0.15, 0.2) is 24.3 Å². The summed E-state index contributed by atoms with van der Waals surface area (Å²) in [6, 6.07) is 8.49. The van der Waals surface area contributed by atoms with Crippen LogP contribution in [0.1, 0.15) is 43.5 Å². The minimum atomic E-state index is -0.00254. The lowest BCUT2D eigenvalue weighted by Gasteiger charge is -2.27. The van der Waals surface area contributed by atoms with E-state index in [-0.39, 0.29) is 11.9 Å². The van der Waals surface area contributed by atoms with Crippen molar-refractivity contribution in [2.45, 2.75) is 45.2 Å². The first-order valence-electron chi connectivity index (χ1n) is 6.32. The van der Waals surface area contributed by atoms with Crippen LogP contribution in [-0.2, 0) is 0 Å². The van der Waals surface area contributed by atoms with Crippen molar-refractivity contribution >= 4 is 11.6 Å². The zero-order valence-electron chi connectivity index (χ0n) is 10.5. The molecule has 0 aliphatic heterocycles. The third kappa shape index (κ3) is 3.22. The monoisotopic (exact) mass is 232 g/mol. The summed E-state index contributed by atoms with van der Waals surface area (Å²) in [4.78, 5) is 11.8. The molecule has 1 amide bonds. The lowest BCUT2D eigenvalue weighted by molar-refractivity contribution is 0.0943. The van der Waals surface area contributed by atoms with Gasteiger partial charge in [-0.2, -0.15) is 0 Å². The van der Waals surface area contributed by atoms with Crippen LogP contribution in [0, 0.1) is 0 Å². The molecule has 1 saturated carbocycles. The van der Waals surface area contributed by atoms with Gasteiger partial charge in [-0.1, -0.05) is 6.07 Å². The van der Waals surface area contributed by atoms with Crippen molar-refractivity contribution in [1.29, 1.82) is 0 Å². The predicted octanol–water partition coefficient (Wildman–Crippen LogP) is 2.79. The van der Waals surface area contributed by atoms with Gasteiger partial charge in [-0.25, -0.2) is 0 Å². The first kappa shape index (κ1) is 12.0. The maximum absolute atomic E-state index is 11.8. The summed E-state index contributed by atoms with van der Waals surface area (Å²) < 4.78 is 0. The Morgan fingerprint density at radius 3 is 2.71 bits per heavy atom. The van der Waals surface area contributed by atoms with Crippen LogP contribution in [-0.4, -0.2) is 18.0 Å². The highest BCUT2D eigenvalue weighted by atomic mass is 16.1. The minimum Gasteiger partial charge on any atom is -0.382 e. The van der Waals surface area contributed by atoms with Crippen LogP contribution in [0.3, 0.4) is 0 Å². The molecule has 0 spiro atoms. The molecule has 0 unspecified atom stereocenters. The first-order chi connectivity index (χ1) is 8.15. The number of anilines is 1. The Kier molecular flexibility index (Phi) is 3.67. The molecule has 1 aliphatic rings. The molecule has 1 fully saturated rings. The van der Waals surface area contributed by atoms with Gasteiger partial charge in [0.05, 0.1) is 0 Å². The van der Waals surface area contributed by atoms with Gasteiger partial charge < -0.3 is 10.6 Å². The van der Waals surface area contributed by atoms with Crippen molar-refractivity contribution in [2.24, 2.45) is 0 Å². The third-order valence-electron chi connectivity index (χ3n) is 3.02. The highest BCUT2D eigenvalue weighted by Crippen LogP contribution is 2.23. The third-order valence-corrected chi connectivity index (χ3v) is 3.02. The second kappa shape index (κ2) is 5.21. The molecular weight excluding hydrogens is 212 g/mol. The molecule has 0 saturated heterocycles. The average Bonchev–Trinajstić information content (AvgIpc) is 2.23. The molecule has 1 aliphatic carbocycles. The largest absolute Gasteiger partial charge is 0.382 e. The Morgan fingerprint density at radius 2 is 2.12 bits per heavy atom. The van der Waals surface area contributed by atoms with Gasteiger partial charge in [-0.3, -0.25) is 4.79 Å². The van der Waals surface area contributed by atoms with Crippen molar-refractivity contribution in [1.82, 2.24) is 5.32 Å². The number of hydrogen-bond donors (Lipinski definition) is 2. The Balaban J connectivity index is 2.02. The molecule has 92 valence electrons. The van der Waals surface area contributed by atoms with Crippen LogP contribution in [0.4, 0.5) is 5.69 Å². The number of amides is 1. The number of hydrogen-bond acceptors (Lipinski definition) is 2. The molecule has 0 bridgehead atoms. The van der Waals surface area contributed by atoms with Gasteiger partial charge in [0.15, 0.2) is 0 Å². The summed E-state index contributed by atoms with van der Waals surface area (Å²) in [6.45, 7) is 3.93. The number of rotatable bonds is 4. The van der Waals surface area contributed by atoms with Crippen molar-refractivity contribution in [3.63, 3.8) is 0 Å². The molecule has 0 aromatic heterocycles. The lowest BCUT2D eigenvalue weighted by Crippen LogP contribution is -2.30.